The van der Waals surface area contributed by atoms with Gasteiger partial charge < -0.3 is 14.7 Å². The molecule has 0 saturated carbocycles. The third-order valence-electron chi connectivity index (χ3n) is 2.20. The summed E-state index contributed by atoms with van der Waals surface area (Å²) in [6, 6.07) is 0. The molecule has 2 unspecified atom stereocenters. The van der Waals surface area contributed by atoms with Crippen LogP contribution in [0.4, 0.5) is 4.79 Å². The van der Waals surface area contributed by atoms with Crippen molar-refractivity contribution < 1.29 is 14.6 Å². The van der Waals surface area contributed by atoms with Crippen molar-refractivity contribution in [2.45, 2.75) is 18.6 Å². The van der Waals surface area contributed by atoms with Gasteiger partial charge in [0.1, 0.15) is 11.7 Å². The van der Waals surface area contributed by atoms with E-state index in [9.17, 15) is 4.79 Å². The minimum atomic E-state index is -0.836. The number of rotatable bonds is 0. The van der Waals surface area contributed by atoms with Crippen LogP contribution < -0.4 is 0 Å². The zero-order valence-electron chi connectivity index (χ0n) is 5.70. The Balaban J connectivity index is 2.04. The van der Waals surface area contributed by atoms with Crippen LogP contribution in [0.15, 0.2) is 0 Å². The number of ether oxygens (including phenoxy) is 1. The van der Waals surface area contributed by atoms with Gasteiger partial charge in [-0.3, -0.25) is 0 Å². The Labute approximate surface area is 58.4 Å². The fraction of sp³-hybridized carbons (Fsp3) is 0.833. The highest BCUT2D eigenvalue weighted by atomic mass is 16.6. The maximum atomic E-state index is 10.4. The first kappa shape index (κ1) is 5.97. The summed E-state index contributed by atoms with van der Waals surface area (Å²) in [5.74, 6) is 0. The summed E-state index contributed by atoms with van der Waals surface area (Å²) < 4.78 is 5.22. The second kappa shape index (κ2) is 1.45. The summed E-state index contributed by atoms with van der Waals surface area (Å²) in [6.45, 7) is 3.03. The SMILES string of the molecule is CC12CN(C(=O)O)CC1O2. The molecule has 56 valence electrons. The molecule has 4 heteroatoms. The molecule has 0 aromatic heterocycles. The summed E-state index contributed by atoms with van der Waals surface area (Å²) in [5.41, 5.74) is -0.140. The minimum absolute atomic E-state index is 0.140. The largest absolute Gasteiger partial charge is 0.465 e. The molecule has 0 bridgehead atoms. The molecule has 0 radical (unpaired) electrons. The summed E-state index contributed by atoms with van der Waals surface area (Å²) in [7, 11) is 0. The quantitative estimate of drug-likeness (QED) is 0.490. The lowest BCUT2D eigenvalue weighted by atomic mass is 10.2. The average Bonchev–Trinajstić information content (AvgIpc) is 2.32. The van der Waals surface area contributed by atoms with Crippen molar-refractivity contribution in [3.8, 4) is 0 Å². The van der Waals surface area contributed by atoms with Crippen molar-refractivity contribution in [2.75, 3.05) is 13.1 Å². The van der Waals surface area contributed by atoms with Gasteiger partial charge in [-0.1, -0.05) is 0 Å². The molecule has 2 rings (SSSR count). The van der Waals surface area contributed by atoms with Crippen LogP contribution in [0.25, 0.3) is 0 Å². The van der Waals surface area contributed by atoms with Crippen molar-refractivity contribution in [1.29, 1.82) is 0 Å². The first-order valence-corrected chi connectivity index (χ1v) is 3.27. The molecule has 2 aliphatic rings. The van der Waals surface area contributed by atoms with Crippen LogP contribution in [0.1, 0.15) is 6.92 Å². The second-order valence-electron chi connectivity index (χ2n) is 3.08. The Morgan fingerprint density at radius 3 is 2.90 bits per heavy atom. The van der Waals surface area contributed by atoms with E-state index in [-0.39, 0.29) is 11.7 Å². The first-order valence-electron chi connectivity index (χ1n) is 3.27. The van der Waals surface area contributed by atoms with E-state index in [0.717, 1.165) is 0 Å². The van der Waals surface area contributed by atoms with Crippen molar-refractivity contribution in [3.05, 3.63) is 0 Å². The van der Waals surface area contributed by atoms with E-state index in [1.807, 2.05) is 6.92 Å². The van der Waals surface area contributed by atoms with Crippen LogP contribution in [0.2, 0.25) is 0 Å². The topological polar surface area (TPSA) is 53.1 Å². The maximum Gasteiger partial charge on any atom is 0.407 e. The number of carbonyl (C=O) groups is 1. The minimum Gasteiger partial charge on any atom is -0.465 e. The molecule has 0 aromatic rings. The zero-order chi connectivity index (χ0) is 7.35. The highest BCUT2D eigenvalue weighted by Gasteiger charge is 2.59. The molecule has 0 spiro atoms. The van der Waals surface area contributed by atoms with E-state index in [1.54, 1.807) is 0 Å². The van der Waals surface area contributed by atoms with Gasteiger partial charge >= 0.3 is 6.09 Å². The number of carboxylic acid groups (broad SMARTS) is 1. The van der Waals surface area contributed by atoms with Gasteiger partial charge in [-0.05, 0) is 6.92 Å². The lowest BCUT2D eigenvalue weighted by molar-refractivity contribution is 0.123. The Bertz CT molecular complexity index is 193. The van der Waals surface area contributed by atoms with E-state index >= 15 is 0 Å². The van der Waals surface area contributed by atoms with E-state index in [4.69, 9.17) is 9.84 Å². The fourth-order valence-corrected chi connectivity index (χ4v) is 1.45. The van der Waals surface area contributed by atoms with Crippen molar-refractivity contribution in [3.63, 3.8) is 0 Å². The molecular weight excluding hydrogens is 134 g/mol. The molecule has 2 fully saturated rings. The average molecular weight is 143 g/mol. The smallest absolute Gasteiger partial charge is 0.407 e. The normalized spacial score (nSPS) is 43.3. The molecule has 1 amide bonds. The van der Waals surface area contributed by atoms with Gasteiger partial charge in [-0.2, -0.15) is 0 Å². The number of nitrogens with zero attached hydrogens (tertiary/aromatic N) is 1. The zero-order valence-corrected chi connectivity index (χ0v) is 5.70. The van der Waals surface area contributed by atoms with Gasteiger partial charge in [0, 0.05) is 0 Å². The Morgan fingerprint density at radius 2 is 2.60 bits per heavy atom. The van der Waals surface area contributed by atoms with E-state index < -0.39 is 6.09 Å². The standard InChI is InChI=1S/C6H9NO3/c1-6-3-7(5(8)9)2-4(6)10-6/h4H,2-3H2,1H3,(H,8,9). The summed E-state index contributed by atoms with van der Waals surface area (Å²) in [6.07, 6.45) is -0.666. The number of fused-ring (bicyclic) bond motifs is 1. The number of amides is 1. The van der Waals surface area contributed by atoms with Gasteiger partial charge in [0.25, 0.3) is 0 Å². The highest BCUT2D eigenvalue weighted by molar-refractivity contribution is 5.66. The molecule has 0 aliphatic carbocycles. The number of hydrogen-bond donors (Lipinski definition) is 1. The lowest BCUT2D eigenvalue weighted by Crippen LogP contribution is -2.31. The van der Waals surface area contributed by atoms with Gasteiger partial charge in [-0.15, -0.1) is 0 Å². The van der Waals surface area contributed by atoms with Crippen LogP contribution >= 0.6 is 0 Å². The number of epoxide rings is 1. The molecule has 2 heterocycles. The molecule has 1 N–H and O–H groups in total. The second-order valence-corrected chi connectivity index (χ2v) is 3.08. The predicted molar refractivity (Wildman–Crippen MR) is 32.9 cm³/mol. The van der Waals surface area contributed by atoms with Crippen LogP contribution in [0, 0.1) is 0 Å². The number of morpholine rings is 1. The van der Waals surface area contributed by atoms with E-state index in [1.165, 1.54) is 4.90 Å². The van der Waals surface area contributed by atoms with Crippen LogP contribution in [-0.4, -0.2) is 40.9 Å². The van der Waals surface area contributed by atoms with Gasteiger partial charge in [0.05, 0.1) is 13.1 Å². The van der Waals surface area contributed by atoms with Crippen molar-refractivity contribution >= 4 is 6.09 Å². The van der Waals surface area contributed by atoms with Crippen LogP contribution in [0.3, 0.4) is 0 Å². The summed E-state index contributed by atoms with van der Waals surface area (Å²) in [4.78, 5) is 11.8. The monoisotopic (exact) mass is 143 g/mol. The molecule has 10 heavy (non-hydrogen) atoms. The van der Waals surface area contributed by atoms with Crippen molar-refractivity contribution in [1.82, 2.24) is 4.90 Å². The summed E-state index contributed by atoms with van der Waals surface area (Å²) in [5, 5.41) is 8.54. The Kier molecular flexibility index (Phi) is 0.866. The van der Waals surface area contributed by atoms with Gasteiger partial charge in [0.15, 0.2) is 0 Å². The number of likely N-dealkylation sites (tertiary alicyclic amines) is 1. The van der Waals surface area contributed by atoms with Gasteiger partial charge in [-0.25, -0.2) is 4.79 Å². The lowest BCUT2D eigenvalue weighted by Gasteiger charge is -2.13. The van der Waals surface area contributed by atoms with Crippen molar-refractivity contribution in [2.24, 2.45) is 0 Å². The molecular formula is C6H9NO3. The third kappa shape index (κ3) is 0.623. The predicted octanol–water partition coefficient (Wildman–Crippen LogP) is 0.137. The Hall–Kier alpha value is -0.770. The molecule has 2 saturated heterocycles. The van der Waals surface area contributed by atoms with Crippen LogP contribution in [0.5, 0.6) is 0 Å². The maximum absolute atomic E-state index is 10.4. The van der Waals surface area contributed by atoms with E-state index in [0.29, 0.717) is 13.1 Å². The molecule has 4 nitrogen and oxygen atoms in total. The molecule has 2 aliphatic heterocycles. The number of hydrogen-bond acceptors (Lipinski definition) is 2. The Morgan fingerprint density at radius 1 is 1.90 bits per heavy atom. The van der Waals surface area contributed by atoms with E-state index in [2.05, 4.69) is 0 Å². The fourth-order valence-electron chi connectivity index (χ4n) is 1.45. The molecule has 0 aromatic carbocycles. The third-order valence-corrected chi connectivity index (χ3v) is 2.20. The molecule has 2 atom stereocenters. The van der Waals surface area contributed by atoms with Gasteiger partial charge in [0.2, 0.25) is 0 Å². The van der Waals surface area contributed by atoms with Crippen LogP contribution in [-0.2, 0) is 4.74 Å². The highest BCUT2D eigenvalue weighted by Crippen LogP contribution is 2.42. The summed E-state index contributed by atoms with van der Waals surface area (Å²) >= 11 is 0. The first-order chi connectivity index (χ1) is 4.62.